The molecule has 0 aliphatic carbocycles. The Bertz CT molecular complexity index is 521. The van der Waals surface area contributed by atoms with Crippen LogP contribution in [-0.4, -0.2) is 20.4 Å². The van der Waals surface area contributed by atoms with Crippen LogP contribution in [-0.2, 0) is 11.2 Å². The van der Waals surface area contributed by atoms with Crippen molar-refractivity contribution in [2.75, 3.05) is 25.3 Å². The highest BCUT2D eigenvalue weighted by molar-refractivity contribution is 5.91. The van der Waals surface area contributed by atoms with Crippen LogP contribution in [0.25, 0.3) is 10.8 Å². The van der Waals surface area contributed by atoms with Crippen molar-refractivity contribution in [2.24, 2.45) is 0 Å². The third kappa shape index (κ3) is 1.38. The molecular formula is C14H15NO. The molecule has 0 unspecified atom stereocenters. The highest BCUT2D eigenvalue weighted by Crippen LogP contribution is 2.33. The second-order valence-corrected chi connectivity index (χ2v) is 4.22. The number of fused-ring (bicyclic) bond motifs is 3. The molecule has 1 heterocycles. The van der Waals surface area contributed by atoms with Crippen molar-refractivity contribution in [2.45, 2.75) is 6.42 Å². The number of hydrogen-bond donors (Lipinski definition) is 0. The number of nitrogens with zero attached hydrogens (tertiary/aromatic N) is 1. The summed E-state index contributed by atoms with van der Waals surface area (Å²) < 4.78 is 5.22. The highest BCUT2D eigenvalue weighted by Gasteiger charge is 2.20. The number of rotatable bonds is 2. The number of hydrogen-bond acceptors (Lipinski definition) is 2. The summed E-state index contributed by atoms with van der Waals surface area (Å²) in [7, 11) is 1.75. The molecule has 0 saturated carbocycles. The summed E-state index contributed by atoms with van der Waals surface area (Å²) >= 11 is 0. The van der Waals surface area contributed by atoms with Crippen LogP contribution in [0.2, 0.25) is 0 Å². The number of anilines is 1. The van der Waals surface area contributed by atoms with Crippen molar-refractivity contribution >= 4 is 16.5 Å². The van der Waals surface area contributed by atoms with E-state index in [1.165, 1.54) is 22.0 Å². The fourth-order valence-electron chi connectivity index (χ4n) is 2.54. The lowest BCUT2D eigenvalue weighted by molar-refractivity contribution is 0.199. The summed E-state index contributed by atoms with van der Waals surface area (Å²) in [5, 5.41) is 2.72. The van der Waals surface area contributed by atoms with Gasteiger partial charge in [-0.05, 0) is 28.8 Å². The molecule has 0 fully saturated rings. The first-order valence-corrected chi connectivity index (χ1v) is 5.64. The van der Waals surface area contributed by atoms with Gasteiger partial charge in [0.25, 0.3) is 0 Å². The zero-order chi connectivity index (χ0) is 11.0. The second kappa shape index (κ2) is 3.80. The molecule has 0 N–H and O–H groups in total. The Kier molecular flexibility index (Phi) is 2.29. The Labute approximate surface area is 95.4 Å². The topological polar surface area (TPSA) is 12.5 Å². The number of methoxy groups -OCH3 is 1. The third-order valence-corrected chi connectivity index (χ3v) is 3.27. The van der Waals surface area contributed by atoms with E-state index in [4.69, 9.17) is 4.74 Å². The Morgan fingerprint density at radius 3 is 2.94 bits per heavy atom. The molecule has 2 aromatic carbocycles. The first-order chi connectivity index (χ1) is 7.90. The SMILES string of the molecule is COCN1CCc2c1ccc1ccccc21. The molecular weight excluding hydrogens is 198 g/mol. The van der Waals surface area contributed by atoms with Gasteiger partial charge < -0.3 is 9.64 Å². The first kappa shape index (κ1) is 9.67. The van der Waals surface area contributed by atoms with Crippen LogP contribution >= 0.6 is 0 Å². The predicted octanol–water partition coefficient (Wildman–Crippen LogP) is 2.81. The maximum absolute atomic E-state index is 5.22. The third-order valence-electron chi connectivity index (χ3n) is 3.27. The standard InChI is InChI=1S/C14H15NO/c1-16-10-15-9-8-13-12-5-3-2-4-11(12)6-7-14(13)15/h2-7H,8-10H2,1H3. The minimum absolute atomic E-state index is 0.686. The van der Waals surface area contributed by atoms with E-state index in [0.717, 1.165) is 13.0 Å². The van der Waals surface area contributed by atoms with Gasteiger partial charge in [0.15, 0.2) is 0 Å². The van der Waals surface area contributed by atoms with E-state index in [1.54, 1.807) is 7.11 Å². The maximum atomic E-state index is 5.22. The molecule has 2 heteroatoms. The average Bonchev–Trinajstić information content (AvgIpc) is 2.73. The van der Waals surface area contributed by atoms with Crippen molar-refractivity contribution < 1.29 is 4.74 Å². The van der Waals surface area contributed by atoms with Crippen molar-refractivity contribution in [1.82, 2.24) is 0 Å². The molecule has 82 valence electrons. The Morgan fingerprint density at radius 1 is 1.19 bits per heavy atom. The van der Waals surface area contributed by atoms with Crippen LogP contribution in [0.5, 0.6) is 0 Å². The van der Waals surface area contributed by atoms with E-state index < -0.39 is 0 Å². The zero-order valence-electron chi connectivity index (χ0n) is 9.44. The Balaban J connectivity index is 2.15. The molecule has 1 aliphatic rings. The lowest BCUT2D eigenvalue weighted by Gasteiger charge is -2.18. The molecule has 0 radical (unpaired) electrons. The second-order valence-electron chi connectivity index (χ2n) is 4.22. The fourth-order valence-corrected chi connectivity index (χ4v) is 2.54. The van der Waals surface area contributed by atoms with E-state index in [0.29, 0.717) is 6.73 Å². The van der Waals surface area contributed by atoms with E-state index in [9.17, 15) is 0 Å². The molecule has 0 aromatic heterocycles. The van der Waals surface area contributed by atoms with E-state index in [1.807, 2.05) is 0 Å². The molecule has 0 atom stereocenters. The lowest BCUT2D eigenvalue weighted by Crippen LogP contribution is -2.22. The van der Waals surface area contributed by atoms with Gasteiger partial charge in [0.05, 0.1) is 0 Å². The van der Waals surface area contributed by atoms with Gasteiger partial charge in [-0.15, -0.1) is 0 Å². The normalized spacial score (nSPS) is 14.4. The van der Waals surface area contributed by atoms with Crippen LogP contribution in [0.3, 0.4) is 0 Å². The van der Waals surface area contributed by atoms with Crippen molar-refractivity contribution in [1.29, 1.82) is 0 Å². The van der Waals surface area contributed by atoms with Crippen LogP contribution in [0.4, 0.5) is 5.69 Å². The summed E-state index contributed by atoms with van der Waals surface area (Å²) in [5.41, 5.74) is 2.80. The molecule has 2 aromatic rings. The van der Waals surface area contributed by atoms with E-state index in [2.05, 4.69) is 41.3 Å². The van der Waals surface area contributed by atoms with Gasteiger partial charge in [0.2, 0.25) is 0 Å². The van der Waals surface area contributed by atoms with Gasteiger partial charge in [0, 0.05) is 19.3 Å². The van der Waals surface area contributed by atoms with Crippen LogP contribution in [0, 0.1) is 0 Å². The first-order valence-electron chi connectivity index (χ1n) is 5.64. The summed E-state index contributed by atoms with van der Waals surface area (Å²) in [5.74, 6) is 0. The van der Waals surface area contributed by atoms with E-state index in [-0.39, 0.29) is 0 Å². The largest absolute Gasteiger partial charge is 0.364 e. The summed E-state index contributed by atoms with van der Waals surface area (Å²) in [6.07, 6.45) is 1.13. The van der Waals surface area contributed by atoms with Gasteiger partial charge in [-0.25, -0.2) is 0 Å². The molecule has 1 aliphatic heterocycles. The highest BCUT2D eigenvalue weighted by atomic mass is 16.5. The van der Waals surface area contributed by atoms with E-state index >= 15 is 0 Å². The van der Waals surface area contributed by atoms with Crippen molar-refractivity contribution in [3.05, 3.63) is 42.0 Å². The van der Waals surface area contributed by atoms with Gasteiger partial charge in [-0.1, -0.05) is 30.3 Å². The van der Waals surface area contributed by atoms with Gasteiger partial charge in [-0.2, -0.15) is 0 Å². The molecule has 3 rings (SSSR count). The zero-order valence-corrected chi connectivity index (χ0v) is 9.44. The lowest BCUT2D eigenvalue weighted by atomic mass is 10.0. The monoisotopic (exact) mass is 213 g/mol. The molecule has 0 bridgehead atoms. The maximum Gasteiger partial charge on any atom is 0.118 e. The minimum atomic E-state index is 0.686. The van der Waals surface area contributed by atoms with Crippen molar-refractivity contribution in [3.8, 4) is 0 Å². The predicted molar refractivity (Wildman–Crippen MR) is 66.9 cm³/mol. The average molecular weight is 213 g/mol. The van der Waals surface area contributed by atoms with Gasteiger partial charge in [-0.3, -0.25) is 0 Å². The fraction of sp³-hybridized carbons (Fsp3) is 0.286. The van der Waals surface area contributed by atoms with Crippen LogP contribution < -0.4 is 4.90 Å². The molecule has 0 amide bonds. The number of ether oxygens (including phenoxy) is 1. The number of benzene rings is 2. The minimum Gasteiger partial charge on any atom is -0.364 e. The quantitative estimate of drug-likeness (QED) is 0.760. The molecule has 0 saturated heterocycles. The Hall–Kier alpha value is -1.54. The van der Waals surface area contributed by atoms with Crippen LogP contribution in [0.1, 0.15) is 5.56 Å². The summed E-state index contributed by atoms with van der Waals surface area (Å²) in [4.78, 5) is 2.29. The Morgan fingerprint density at radius 2 is 2.06 bits per heavy atom. The molecule has 16 heavy (non-hydrogen) atoms. The summed E-state index contributed by atoms with van der Waals surface area (Å²) in [6.45, 7) is 1.75. The van der Waals surface area contributed by atoms with Crippen molar-refractivity contribution in [3.63, 3.8) is 0 Å². The smallest absolute Gasteiger partial charge is 0.118 e. The van der Waals surface area contributed by atoms with Gasteiger partial charge in [0.1, 0.15) is 6.73 Å². The molecule has 0 spiro atoms. The summed E-state index contributed by atoms with van der Waals surface area (Å²) in [6, 6.07) is 13.0. The van der Waals surface area contributed by atoms with Crippen LogP contribution in [0.15, 0.2) is 36.4 Å². The molecule has 2 nitrogen and oxygen atoms in total. The van der Waals surface area contributed by atoms with Gasteiger partial charge >= 0.3 is 0 Å².